The standard InChI is InChI=1S/C15H23N3O8S2/c1-15(2)25-10-9(7-19)24-13(11(10)26-15)18-6-8(12(20)17-14(18)27)5-16-3-4-28(21,22)23/h6,9-11,13,16,19H,3-5,7H2,1-2H3,(H,17,20,27)(H,21,22,23)/t9-,10-,11-,13-/m1/s1. The molecule has 3 heterocycles. The molecule has 4 N–H and O–H groups in total. The van der Waals surface area contributed by atoms with Gasteiger partial charge in [0.05, 0.1) is 12.4 Å². The van der Waals surface area contributed by atoms with E-state index in [9.17, 15) is 18.3 Å². The molecule has 11 nitrogen and oxygen atoms in total. The van der Waals surface area contributed by atoms with Gasteiger partial charge in [0.15, 0.2) is 16.8 Å². The Kier molecular flexibility index (Phi) is 6.08. The Hall–Kier alpha value is -1.19. The van der Waals surface area contributed by atoms with E-state index in [0.717, 1.165) is 0 Å². The lowest BCUT2D eigenvalue weighted by Crippen LogP contribution is -2.32. The summed E-state index contributed by atoms with van der Waals surface area (Å²) in [5.41, 5.74) is -0.146. The molecule has 0 saturated carbocycles. The summed E-state index contributed by atoms with van der Waals surface area (Å²) in [4.78, 5) is 14.7. The van der Waals surface area contributed by atoms with Gasteiger partial charge in [0.2, 0.25) is 0 Å². The van der Waals surface area contributed by atoms with Gasteiger partial charge in [0, 0.05) is 24.8 Å². The lowest BCUT2D eigenvalue weighted by atomic mass is 10.1. The molecule has 1 aromatic heterocycles. The maximum absolute atomic E-state index is 12.2. The number of aliphatic hydroxyl groups is 1. The molecule has 158 valence electrons. The van der Waals surface area contributed by atoms with Gasteiger partial charge >= 0.3 is 0 Å². The zero-order valence-electron chi connectivity index (χ0n) is 15.3. The van der Waals surface area contributed by atoms with Crippen molar-refractivity contribution in [2.24, 2.45) is 0 Å². The van der Waals surface area contributed by atoms with Crippen molar-refractivity contribution in [1.82, 2.24) is 14.9 Å². The van der Waals surface area contributed by atoms with Gasteiger partial charge in [0.1, 0.15) is 18.3 Å². The zero-order chi connectivity index (χ0) is 20.7. The fraction of sp³-hybridized carbons (Fsp3) is 0.733. The van der Waals surface area contributed by atoms with Crippen LogP contribution in [-0.2, 0) is 30.9 Å². The summed E-state index contributed by atoms with van der Waals surface area (Å²) in [5, 5.41) is 12.4. The Morgan fingerprint density at radius 2 is 2.04 bits per heavy atom. The van der Waals surface area contributed by atoms with Gasteiger partial charge in [-0.1, -0.05) is 0 Å². The van der Waals surface area contributed by atoms with Gasteiger partial charge in [0.25, 0.3) is 15.7 Å². The highest BCUT2D eigenvalue weighted by atomic mass is 32.2. The molecule has 4 atom stereocenters. The van der Waals surface area contributed by atoms with Gasteiger partial charge in [-0.25, -0.2) is 0 Å². The fourth-order valence-corrected chi connectivity index (χ4v) is 3.95. The van der Waals surface area contributed by atoms with E-state index in [1.165, 1.54) is 10.8 Å². The van der Waals surface area contributed by atoms with Crippen molar-refractivity contribution < 1.29 is 32.3 Å². The summed E-state index contributed by atoms with van der Waals surface area (Å²) in [5.74, 6) is -1.33. The number of nitrogens with zero attached hydrogens (tertiary/aromatic N) is 1. The van der Waals surface area contributed by atoms with Crippen LogP contribution >= 0.6 is 12.2 Å². The summed E-state index contributed by atoms with van der Waals surface area (Å²) in [7, 11) is -4.09. The number of ether oxygens (including phenoxy) is 3. The molecule has 0 amide bonds. The molecular formula is C15H23N3O8S2. The number of nitrogens with one attached hydrogen (secondary N) is 2. The van der Waals surface area contributed by atoms with Crippen molar-refractivity contribution in [2.45, 2.75) is 50.7 Å². The number of hydrogen-bond acceptors (Lipinski definition) is 9. The van der Waals surface area contributed by atoms with Gasteiger partial charge in [-0.2, -0.15) is 8.42 Å². The Balaban J connectivity index is 1.82. The topological polar surface area (TPSA) is 152 Å². The summed E-state index contributed by atoms with van der Waals surface area (Å²) < 4.78 is 49.5. The van der Waals surface area contributed by atoms with Crippen LogP contribution in [0.1, 0.15) is 25.6 Å². The average molecular weight is 437 g/mol. The molecule has 0 aromatic carbocycles. The van der Waals surface area contributed by atoms with E-state index in [2.05, 4.69) is 10.3 Å². The minimum Gasteiger partial charge on any atom is -0.394 e. The van der Waals surface area contributed by atoms with Crippen LogP contribution in [0.15, 0.2) is 11.0 Å². The first-order chi connectivity index (χ1) is 13.0. The summed E-state index contributed by atoms with van der Waals surface area (Å²) in [6.07, 6.45) is -0.857. The summed E-state index contributed by atoms with van der Waals surface area (Å²) >= 11 is 5.25. The van der Waals surface area contributed by atoms with Crippen LogP contribution < -0.4 is 10.9 Å². The highest BCUT2D eigenvalue weighted by Crippen LogP contribution is 2.42. The summed E-state index contributed by atoms with van der Waals surface area (Å²) in [6, 6.07) is 0. The van der Waals surface area contributed by atoms with Crippen molar-refractivity contribution in [3.63, 3.8) is 0 Å². The fourth-order valence-electron chi connectivity index (χ4n) is 3.30. The smallest absolute Gasteiger partial charge is 0.266 e. The maximum Gasteiger partial charge on any atom is 0.266 e. The largest absolute Gasteiger partial charge is 0.394 e. The summed E-state index contributed by atoms with van der Waals surface area (Å²) in [6.45, 7) is 3.27. The van der Waals surface area contributed by atoms with Crippen LogP contribution in [0.3, 0.4) is 0 Å². The number of aromatic nitrogens is 2. The van der Waals surface area contributed by atoms with Crippen LogP contribution in [0, 0.1) is 4.77 Å². The van der Waals surface area contributed by atoms with E-state index in [4.69, 9.17) is 31.0 Å². The third-order valence-electron chi connectivity index (χ3n) is 4.47. The van der Waals surface area contributed by atoms with Gasteiger partial charge < -0.3 is 24.6 Å². The van der Waals surface area contributed by atoms with E-state index < -0.39 is 51.8 Å². The third-order valence-corrected chi connectivity index (χ3v) is 5.51. The Morgan fingerprint density at radius 1 is 1.36 bits per heavy atom. The molecule has 2 aliphatic rings. The van der Waals surface area contributed by atoms with Crippen LogP contribution in [0.5, 0.6) is 0 Å². The molecular weight excluding hydrogens is 414 g/mol. The van der Waals surface area contributed by atoms with E-state index in [0.29, 0.717) is 0 Å². The number of aromatic amines is 1. The number of aliphatic hydroxyl groups excluding tert-OH is 1. The first-order valence-electron chi connectivity index (χ1n) is 8.63. The van der Waals surface area contributed by atoms with Crippen molar-refractivity contribution in [3.05, 3.63) is 26.9 Å². The Bertz CT molecular complexity index is 941. The Labute approximate surface area is 166 Å². The third kappa shape index (κ3) is 4.68. The molecule has 0 aliphatic carbocycles. The zero-order valence-corrected chi connectivity index (χ0v) is 17.0. The predicted molar refractivity (Wildman–Crippen MR) is 98.8 cm³/mol. The monoisotopic (exact) mass is 437 g/mol. The minimum atomic E-state index is -4.09. The molecule has 0 radical (unpaired) electrons. The molecule has 1 aromatic rings. The number of H-pyrrole nitrogens is 1. The van der Waals surface area contributed by atoms with Crippen LogP contribution in [-0.4, -0.2) is 70.6 Å². The van der Waals surface area contributed by atoms with E-state index >= 15 is 0 Å². The van der Waals surface area contributed by atoms with Crippen molar-refractivity contribution in [3.8, 4) is 0 Å². The van der Waals surface area contributed by atoms with Crippen LogP contribution in [0.25, 0.3) is 0 Å². The van der Waals surface area contributed by atoms with Crippen molar-refractivity contribution in [1.29, 1.82) is 0 Å². The number of fused-ring (bicyclic) bond motifs is 1. The molecule has 3 rings (SSSR count). The SMILES string of the molecule is CC1(C)O[C@@H]2[C@H](O1)[C@@H](CO)O[C@H]2n1cc(CNCCS(=O)(=O)O)c(=O)[nH]c1=S. The highest BCUT2D eigenvalue weighted by Gasteiger charge is 2.55. The normalized spacial score (nSPS) is 29.1. The van der Waals surface area contributed by atoms with E-state index in [1.54, 1.807) is 13.8 Å². The first kappa shape index (κ1) is 21.5. The molecule has 0 unspecified atom stereocenters. The first-order valence-corrected chi connectivity index (χ1v) is 10.6. The second-order valence-corrected chi connectivity index (χ2v) is 9.05. The maximum atomic E-state index is 12.2. The second kappa shape index (κ2) is 7.91. The molecule has 0 spiro atoms. The van der Waals surface area contributed by atoms with Gasteiger partial charge in [-0.05, 0) is 26.1 Å². The molecule has 28 heavy (non-hydrogen) atoms. The Morgan fingerprint density at radius 3 is 2.68 bits per heavy atom. The van der Waals surface area contributed by atoms with Gasteiger partial charge in [-0.3, -0.25) is 18.9 Å². The molecule has 2 aliphatic heterocycles. The molecule has 13 heteroatoms. The molecule has 2 fully saturated rings. The number of hydrogen-bond donors (Lipinski definition) is 4. The van der Waals surface area contributed by atoms with Crippen molar-refractivity contribution >= 4 is 22.3 Å². The predicted octanol–water partition coefficient (Wildman–Crippen LogP) is -0.707. The molecule has 0 bridgehead atoms. The second-order valence-electron chi connectivity index (χ2n) is 7.10. The van der Waals surface area contributed by atoms with Crippen LogP contribution in [0.4, 0.5) is 0 Å². The van der Waals surface area contributed by atoms with E-state index in [1.807, 2.05) is 0 Å². The van der Waals surface area contributed by atoms with Gasteiger partial charge in [-0.15, -0.1) is 0 Å². The highest BCUT2D eigenvalue weighted by molar-refractivity contribution is 7.85. The number of rotatable bonds is 7. The average Bonchev–Trinajstić information content (AvgIpc) is 3.05. The quantitative estimate of drug-likeness (QED) is 0.245. The van der Waals surface area contributed by atoms with E-state index in [-0.39, 0.29) is 30.0 Å². The molecule has 2 saturated heterocycles. The van der Waals surface area contributed by atoms with Crippen LogP contribution in [0.2, 0.25) is 0 Å². The lowest BCUT2D eigenvalue weighted by Gasteiger charge is -2.25. The van der Waals surface area contributed by atoms with Crippen molar-refractivity contribution in [2.75, 3.05) is 18.9 Å². The minimum absolute atomic E-state index is 0.0315. The lowest BCUT2D eigenvalue weighted by molar-refractivity contribution is -0.200.